The highest BCUT2D eigenvalue weighted by molar-refractivity contribution is 7.99. The maximum absolute atomic E-state index is 13.1. The molecule has 2 amide bonds. The molecule has 0 aliphatic rings. The first-order chi connectivity index (χ1) is 14.7. The molecule has 0 saturated carbocycles. The number of rotatable bonds is 10. The number of thioether (sulfide) groups is 1. The van der Waals surface area contributed by atoms with Crippen molar-refractivity contribution in [1.29, 1.82) is 0 Å². The van der Waals surface area contributed by atoms with Gasteiger partial charge in [-0.1, -0.05) is 65.5 Å². The third-order valence-corrected chi connectivity index (χ3v) is 6.71. The van der Waals surface area contributed by atoms with E-state index in [1.807, 2.05) is 13.0 Å². The van der Waals surface area contributed by atoms with Crippen LogP contribution in [0.4, 0.5) is 0 Å². The quantitative estimate of drug-likeness (QED) is 0.389. The van der Waals surface area contributed by atoms with Gasteiger partial charge in [0.15, 0.2) is 0 Å². The van der Waals surface area contributed by atoms with Crippen molar-refractivity contribution >= 4 is 70.0 Å². The molecule has 0 aliphatic carbocycles. The first kappa shape index (κ1) is 26.1. The van der Waals surface area contributed by atoms with E-state index in [1.54, 1.807) is 37.3 Å². The molecule has 2 aromatic rings. The number of amides is 2. The van der Waals surface area contributed by atoms with Crippen LogP contribution in [0, 0.1) is 0 Å². The van der Waals surface area contributed by atoms with Gasteiger partial charge in [0.05, 0.1) is 5.75 Å². The molecule has 31 heavy (non-hydrogen) atoms. The molecule has 1 atom stereocenters. The van der Waals surface area contributed by atoms with E-state index in [-0.39, 0.29) is 24.1 Å². The molecule has 0 radical (unpaired) electrons. The van der Waals surface area contributed by atoms with Crippen LogP contribution in [0.3, 0.4) is 0 Å². The number of hydrogen-bond acceptors (Lipinski definition) is 3. The summed E-state index contributed by atoms with van der Waals surface area (Å²) in [5, 5.41) is 4.93. The molecule has 0 bridgehead atoms. The SMILES string of the molecule is CCCNC(=O)[C@@H](C)N(Cc1ccc(Cl)cc1Cl)C(=O)CSCc1ccc(Cl)cc1Cl. The van der Waals surface area contributed by atoms with E-state index in [2.05, 4.69) is 5.32 Å². The Morgan fingerprint density at radius 1 is 1.00 bits per heavy atom. The minimum absolute atomic E-state index is 0.166. The average Bonchev–Trinajstić information content (AvgIpc) is 2.72. The summed E-state index contributed by atoms with van der Waals surface area (Å²) < 4.78 is 0. The van der Waals surface area contributed by atoms with Crippen LogP contribution in [0.25, 0.3) is 0 Å². The summed E-state index contributed by atoms with van der Waals surface area (Å²) >= 11 is 25.9. The fourth-order valence-corrected chi connectivity index (χ4v) is 4.72. The van der Waals surface area contributed by atoms with Crippen molar-refractivity contribution in [3.8, 4) is 0 Å². The zero-order valence-electron chi connectivity index (χ0n) is 17.3. The Balaban J connectivity index is 2.11. The molecule has 1 N–H and O–H groups in total. The minimum atomic E-state index is -0.648. The summed E-state index contributed by atoms with van der Waals surface area (Å²) in [7, 11) is 0. The zero-order valence-corrected chi connectivity index (χ0v) is 21.1. The van der Waals surface area contributed by atoms with Gasteiger partial charge in [0.2, 0.25) is 11.8 Å². The lowest BCUT2D eigenvalue weighted by Crippen LogP contribution is -2.48. The smallest absolute Gasteiger partial charge is 0.242 e. The van der Waals surface area contributed by atoms with Crippen molar-refractivity contribution in [3.63, 3.8) is 0 Å². The van der Waals surface area contributed by atoms with Crippen molar-refractivity contribution < 1.29 is 9.59 Å². The third-order valence-electron chi connectivity index (χ3n) is 4.57. The average molecular weight is 522 g/mol. The molecular formula is C22H24Cl4N2O2S. The Morgan fingerprint density at radius 2 is 1.58 bits per heavy atom. The summed E-state index contributed by atoms with van der Waals surface area (Å²) in [6.07, 6.45) is 0.813. The van der Waals surface area contributed by atoms with Crippen molar-refractivity contribution in [3.05, 3.63) is 67.6 Å². The first-order valence-corrected chi connectivity index (χ1v) is 12.4. The van der Waals surface area contributed by atoms with Crippen LogP contribution in [-0.4, -0.2) is 35.1 Å². The van der Waals surface area contributed by atoms with E-state index < -0.39 is 6.04 Å². The van der Waals surface area contributed by atoms with E-state index in [9.17, 15) is 9.59 Å². The molecule has 2 aromatic carbocycles. The Bertz CT molecular complexity index is 926. The fraction of sp³-hybridized carbons (Fsp3) is 0.364. The van der Waals surface area contributed by atoms with E-state index in [0.717, 1.165) is 17.5 Å². The van der Waals surface area contributed by atoms with Gasteiger partial charge in [-0.2, -0.15) is 0 Å². The lowest BCUT2D eigenvalue weighted by Gasteiger charge is -2.29. The molecule has 0 unspecified atom stereocenters. The molecule has 2 rings (SSSR count). The van der Waals surface area contributed by atoms with Gasteiger partial charge in [-0.25, -0.2) is 0 Å². The Labute approximate surface area is 207 Å². The normalized spacial score (nSPS) is 11.8. The molecule has 0 saturated heterocycles. The van der Waals surface area contributed by atoms with Gasteiger partial charge in [-0.3, -0.25) is 9.59 Å². The van der Waals surface area contributed by atoms with Gasteiger partial charge in [0, 0.05) is 38.9 Å². The molecule has 168 valence electrons. The van der Waals surface area contributed by atoms with E-state index in [4.69, 9.17) is 46.4 Å². The summed E-state index contributed by atoms with van der Waals surface area (Å²) in [6.45, 7) is 4.45. The van der Waals surface area contributed by atoms with Crippen molar-refractivity contribution in [2.75, 3.05) is 12.3 Å². The maximum Gasteiger partial charge on any atom is 0.242 e. The number of nitrogens with zero attached hydrogens (tertiary/aromatic N) is 1. The van der Waals surface area contributed by atoms with Crippen LogP contribution in [0.2, 0.25) is 20.1 Å². The first-order valence-electron chi connectivity index (χ1n) is 9.75. The second-order valence-corrected chi connectivity index (χ2v) is 9.63. The highest BCUT2D eigenvalue weighted by Gasteiger charge is 2.26. The number of carbonyl (C=O) groups is 2. The lowest BCUT2D eigenvalue weighted by molar-refractivity contribution is -0.138. The van der Waals surface area contributed by atoms with Crippen LogP contribution >= 0.6 is 58.2 Å². The Kier molecular flexibility index (Phi) is 10.8. The highest BCUT2D eigenvalue weighted by atomic mass is 35.5. The summed E-state index contributed by atoms with van der Waals surface area (Å²) in [5.74, 6) is 0.370. The van der Waals surface area contributed by atoms with Crippen LogP contribution in [0.5, 0.6) is 0 Å². The molecule has 0 spiro atoms. The minimum Gasteiger partial charge on any atom is -0.354 e. The monoisotopic (exact) mass is 520 g/mol. The molecule has 0 fully saturated rings. The van der Waals surface area contributed by atoms with Gasteiger partial charge in [0.1, 0.15) is 6.04 Å². The van der Waals surface area contributed by atoms with Gasteiger partial charge < -0.3 is 10.2 Å². The number of carbonyl (C=O) groups excluding carboxylic acids is 2. The molecule has 4 nitrogen and oxygen atoms in total. The molecular weight excluding hydrogens is 498 g/mol. The van der Waals surface area contributed by atoms with Crippen molar-refractivity contribution in [2.24, 2.45) is 0 Å². The number of nitrogens with one attached hydrogen (secondary N) is 1. The fourth-order valence-electron chi connectivity index (χ4n) is 2.78. The predicted molar refractivity (Wildman–Crippen MR) is 132 cm³/mol. The zero-order chi connectivity index (χ0) is 23.0. The highest BCUT2D eigenvalue weighted by Crippen LogP contribution is 2.26. The van der Waals surface area contributed by atoms with Crippen LogP contribution < -0.4 is 5.32 Å². The molecule has 9 heteroatoms. The summed E-state index contributed by atoms with van der Waals surface area (Å²) in [4.78, 5) is 27.2. The van der Waals surface area contributed by atoms with Crippen LogP contribution in [0.1, 0.15) is 31.4 Å². The topological polar surface area (TPSA) is 49.4 Å². The largest absolute Gasteiger partial charge is 0.354 e. The maximum atomic E-state index is 13.1. The number of hydrogen-bond donors (Lipinski definition) is 1. The number of halogens is 4. The van der Waals surface area contributed by atoms with Crippen molar-refractivity contribution in [1.82, 2.24) is 10.2 Å². The van der Waals surface area contributed by atoms with E-state index >= 15 is 0 Å². The van der Waals surface area contributed by atoms with E-state index in [0.29, 0.717) is 32.4 Å². The predicted octanol–water partition coefficient (Wildman–Crippen LogP) is 6.48. The second-order valence-electron chi connectivity index (χ2n) is 6.95. The summed E-state index contributed by atoms with van der Waals surface area (Å²) in [5.41, 5.74) is 1.62. The van der Waals surface area contributed by atoms with E-state index in [1.165, 1.54) is 16.7 Å². The van der Waals surface area contributed by atoms with Gasteiger partial charge in [-0.15, -0.1) is 11.8 Å². The van der Waals surface area contributed by atoms with Crippen LogP contribution in [0.15, 0.2) is 36.4 Å². The molecule has 0 aliphatic heterocycles. The number of benzene rings is 2. The van der Waals surface area contributed by atoms with Gasteiger partial charge >= 0.3 is 0 Å². The molecule has 0 aromatic heterocycles. The second kappa shape index (κ2) is 12.8. The Hall–Kier alpha value is -1.11. The standard InChI is InChI=1S/C22H24Cl4N2O2S/c1-3-8-27-22(30)14(2)28(11-15-4-6-17(23)9-19(15)25)21(29)13-31-12-16-5-7-18(24)10-20(16)26/h4-7,9-10,14H,3,8,11-13H2,1-2H3,(H,27,30)/t14-/m1/s1. The summed E-state index contributed by atoms with van der Waals surface area (Å²) in [6, 6.07) is 9.74. The van der Waals surface area contributed by atoms with Gasteiger partial charge in [0.25, 0.3) is 0 Å². The third kappa shape index (κ3) is 8.07. The van der Waals surface area contributed by atoms with Crippen LogP contribution in [-0.2, 0) is 21.9 Å². The Morgan fingerprint density at radius 3 is 2.13 bits per heavy atom. The van der Waals surface area contributed by atoms with Crippen molar-refractivity contribution in [2.45, 2.75) is 38.6 Å². The van der Waals surface area contributed by atoms with Gasteiger partial charge in [-0.05, 0) is 48.7 Å². The lowest BCUT2D eigenvalue weighted by atomic mass is 10.1. The molecule has 0 heterocycles.